The van der Waals surface area contributed by atoms with Crippen LogP contribution in [0.2, 0.25) is 0 Å². The monoisotopic (exact) mass is 400 g/mol. The molecule has 2 fully saturated rings. The number of fused-ring (bicyclic) bond motifs is 5. The summed E-state index contributed by atoms with van der Waals surface area (Å²) in [6, 6.07) is 16.0. The highest BCUT2D eigenvalue weighted by atomic mass is 16.5. The van der Waals surface area contributed by atoms with Crippen molar-refractivity contribution < 1.29 is 4.74 Å². The van der Waals surface area contributed by atoms with Crippen molar-refractivity contribution in [2.75, 3.05) is 7.11 Å². The number of hydrogen-bond acceptors (Lipinski definition) is 3. The van der Waals surface area contributed by atoms with E-state index in [4.69, 9.17) is 15.5 Å². The Hall–Kier alpha value is -2.13. The minimum absolute atomic E-state index is 0.108. The van der Waals surface area contributed by atoms with Gasteiger partial charge in [0.25, 0.3) is 0 Å². The average Bonchev–Trinajstić information content (AvgIpc) is 3.52. The molecule has 2 N–H and O–H groups in total. The molecule has 1 aliphatic heterocycles. The third-order valence-corrected chi connectivity index (χ3v) is 8.50. The van der Waals surface area contributed by atoms with Gasteiger partial charge in [-0.15, -0.1) is 0 Å². The SMILES string of the molecule is COC1CCC2(CC1)Cc1ccc(CCC3CC3)cc1C21N=C(N)c2ccccc21. The van der Waals surface area contributed by atoms with E-state index in [0.29, 0.717) is 6.10 Å². The molecular formula is C27H32N2O. The highest BCUT2D eigenvalue weighted by molar-refractivity contribution is 6.03. The van der Waals surface area contributed by atoms with Crippen molar-refractivity contribution in [3.05, 3.63) is 70.3 Å². The lowest BCUT2D eigenvalue weighted by Gasteiger charge is -2.47. The fourth-order valence-corrected chi connectivity index (χ4v) is 6.68. The number of methoxy groups -OCH3 is 1. The number of nitrogens with zero attached hydrogens (tertiary/aromatic N) is 1. The lowest BCUT2D eigenvalue weighted by Crippen LogP contribution is -2.45. The summed E-state index contributed by atoms with van der Waals surface area (Å²) in [5.41, 5.74) is 13.2. The van der Waals surface area contributed by atoms with Crippen molar-refractivity contribution in [1.82, 2.24) is 0 Å². The number of aryl methyl sites for hydroxylation is 1. The van der Waals surface area contributed by atoms with Gasteiger partial charge in [0.05, 0.1) is 6.10 Å². The Kier molecular flexibility index (Phi) is 4.15. The predicted molar refractivity (Wildman–Crippen MR) is 121 cm³/mol. The van der Waals surface area contributed by atoms with E-state index in [0.717, 1.165) is 49.4 Å². The molecule has 0 amide bonds. The van der Waals surface area contributed by atoms with Crippen molar-refractivity contribution in [1.29, 1.82) is 0 Å². The third-order valence-electron chi connectivity index (χ3n) is 8.50. The summed E-state index contributed by atoms with van der Waals surface area (Å²) in [5.74, 6) is 1.68. The number of amidine groups is 1. The van der Waals surface area contributed by atoms with Crippen LogP contribution in [0.1, 0.15) is 72.8 Å². The van der Waals surface area contributed by atoms with Crippen LogP contribution in [-0.4, -0.2) is 19.0 Å². The standard InChI is InChI=1S/C27H32N2O/c1-30-21-12-14-26(15-13-21)17-20-11-10-19(9-8-18-6-7-18)16-24(20)27(26)23-5-3-2-4-22(23)25(28)29-27/h2-5,10-11,16,18,21H,6-9,12-15,17H2,1H3,(H2,28,29). The van der Waals surface area contributed by atoms with Crippen molar-refractivity contribution >= 4 is 5.84 Å². The Morgan fingerprint density at radius 3 is 2.60 bits per heavy atom. The molecule has 3 heteroatoms. The molecule has 1 heterocycles. The summed E-state index contributed by atoms with van der Waals surface area (Å²) in [6.45, 7) is 0. The van der Waals surface area contributed by atoms with Crippen LogP contribution in [0.25, 0.3) is 0 Å². The number of hydrogen-bond donors (Lipinski definition) is 1. The van der Waals surface area contributed by atoms with Gasteiger partial charge >= 0.3 is 0 Å². The molecule has 0 radical (unpaired) electrons. The minimum atomic E-state index is -0.322. The molecule has 156 valence electrons. The highest BCUT2D eigenvalue weighted by Crippen LogP contribution is 2.64. The predicted octanol–water partition coefficient (Wildman–Crippen LogP) is 5.12. The summed E-state index contributed by atoms with van der Waals surface area (Å²) in [6.07, 6.45) is 11.3. The van der Waals surface area contributed by atoms with E-state index >= 15 is 0 Å². The molecule has 2 aromatic carbocycles. The lowest BCUT2D eigenvalue weighted by molar-refractivity contribution is 0.00684. The number of ether oxygens (including phenoxy) is 1. The van der Waals surface area contributed by atoms with Crippen LogP contribution in [0.5, 0.6) is 0 Å². The number of nitrogens with two attached hydrogens (primary N) is 1. The Bertz CT molecular complexity index is 1010. The number of rotatable bonds is 4. The van der Waals surface area contributed by atoms with Gasteiger partial charge in [-0.1, -0.05) is 55.3 Å². The molecule has 2 saturated carbocycles. The Morgan fingerprint density at radius 2 is 1.83 bits per heavy atom. The fourth-order valence-electron chi connectivity index (χ4n) is 6.68. The minimum Gasteiger partial charge on any atom is -0.383 e. The van der Waals surface area contributed by atoms with E-state index in [2.05, 4.69) is 42.5 Å². The van der Waals surface area contributed by atoms with E-state index < -0.39 is 0 Å². The molecule has 1 unspecified atom stereocenters. The topological polar surface area (TPSA) is 47.6 Å². The molecule has 4 aliphatic rings. The normalized spacial score (nSPS) is 31.8. The second-order valence-electron chi connectivity index (χ2n) is 10.1. The van der Waals surface area contributed by atoms with Gasteiger partial charge in [-0.3, -0.25) is 4.99 Å². The molecule has 3 nitrogen and oxygen atoms in total. The summed E-state index contributed by atoms with van der Waals surface area (Å²) in [5, 5.41) is 0. The van der Waals surface area contributed by atoms with E-state index in [1.807, 2.05) is 7.11 Å². The van der Waals surface area contributed by atoms with Crippen LogP contribution in [0.4, 0.5) is 0 Å². The van der Waals surface area contributed by atoms with Crippen LogP contribution in [0.3, 0.4) is 0 Å². The smallest absolute Gasteiger partial charge is 0.127 e. The lowest BCUT2D eigenvalue weighted by atomic mass is 9.59. The van der Waals surface area contributed by atoms with Crippen LogP contribution in [0.15, 0.2) is 47.5 Å². The van der Waals surface area contributed by atoms with Gasteiger partial charge < -0.3 is 10.5 Å². The first-order chi connectivity index (χ1) is 14.6. The Balaban J connectivity index is 1.49. The van der Waals surface area contributed by atoms with Gasteiger partial charge in [0.15, 0.2) is 0 Å². The summed E-state index contributed by atoms with van der Waals surface area (Å²) < 4.78 is 5.73. The summed E-state index contributed by atoms with van der Waals surface area (Å²) in [4.78, 5) is 5.36. The maximum absolute atomic E-state index is 6.57. The molecule has 2 spiro atoms. The van der Waals surface area contributed by atoms with Gasteiger partial charge in [0, 0.05) is 18.1 Å². The first kappa shape index (κ1) is 18.6. The Morgan fingerprint density at radius 1 is 1.03 bits per heavy atom. The largest absolute Gasteiger partial charge is 0.383 e. The second kappa shape index (κ2) is 6.68. The summed E-state index contributed by atoms with van der Waals surface area (Å²) in [7, 11) is 1.86. The van der Waals surface area contributed by atoms with Gasteiger partial charge in [-0.25, -0.2) is 0 Å². The van der Waals surface area contributed by atoms with Gasteiger partial charge in [-0.05, 0) is 73.1 Å². The maximum Gasteiger partial charge on any atom is 0.127 e. The first-order valence-corrected chi connectivity index (χ1v) is 11.8. The van der Waals surface area contributed by atoms with Crippen LogP contribution in [0, 0.1) is 11.3 Å². The third kappa shape index (κ3) is 2.57. The molecule has 3 aliphatic carbocycles. The van der Waals surface area contributed by atoms with Crippen LogP contribution in [-0.2, 0) is 23.1 Å². The van der Waals surface area contributed by atoms with Crippen LogP contribution >= 0.6 is 0 Å². The molecule has 30 heavy (non-hydrogen) atoms. The summed E-state index contributed by atoms with van der Waals surface area (Å²) >= 11 is 0. The highest BCUT2D eigenvalue weighted by Gasteiger charge is 2.62. The number of aliphatic imine (C=N–C) groups is 1. The second-order valence-corrected chi connectivity index (χ2v) is 10.1. The van der Waals surface area contributed by atoms with Gasteiger partial charge in [0.1, 0.15) is 11.4 Å². The molecular weight excluding hydrogens is 368 g/mol. The van der Waals surface area contributed by atoms with Crippen molar-refractivity contribution in [2.24, 2.45) is 22.1 Å². The molecule has 0 aromatic heterocycles. The van der Waals surface area contributed by atoms with Crippen molar-refractivity contribution in [2.45, 2.75) is 69.4 Å². The molecule has 2 aromatic rings. The van der Waals surface area contributed by atoms with E-state index in [1.165, 1.54) is 47.9 Å². The average molecular weight is 401 g/mol. The van der Waals surface area contributed by atoms with Crippen molar-refractivity contribution in [3.8, 4) is 0 Å². The number of benzene rings is 2. The van der Waals surface area contributed by atoms with Crippen molar-refractivity contribution in [3.63, 3.8) is 0 Å². The molecule has 1 atom stereocenters. The fraction of sp³-hybridized carbons (Fsp3) is 0.519. The zero-order valence-electron chi connectivity index (χ0n) is 18.0. The molecule has 0 saturated heterocycles. The van der Waals surface area contributed by atoms with E-state index in [9.17, 15) is 0 Å². The maximum atomic E-state index is 6.57. The van der Waals surface area contributed by atoms with Gasteiger partial charge in [-0.2, -0.15) is 0 Å². The van der Waals surface area contributed by atoms with E-state index in [-0.39, 0.29) is 11.0 Å². The molecule has 6 rings (SSSR count). The van der Waals surface area contributed by atoms with E-state index in [1.54, 1.807) is 0 Å². The van der Waals surface area contributed by atoms with Gasteiger partial charge in [0.2, 0.25) is 0 Å². The zero-order chi connectivity index (χ0) is 20.3. The Labute approximate surface area is 179 Å². The molecule has 0 bridgehead atoms. The van der Waals surface area contributed by atoms with Crippen LogP contribution < -0.4 is 5.73 Å². The zero-order valence-corrected chi connectivity index (χ0v) is 18.0. The first-order valence-electron chi connectivity index (χ1n) is 11.8. The quantitative estimate of drug-likeness (QED) is 0.774.